The fourth-order valence-electron chi connectivity index (χ4n) is 0.992. The average Bonchev–Trinajstić information content (AvgIpc) is 2.20. The van der Waals surface area contributed by atoms with E-state index in [0.29, 0.717) is 25.7 Å². The monoisotopic (exact) mass is 200 g/mol. The van der Waals surface area contributed by atoms with Gasteiger partial charge in [0.25, 0.3) is 0 Å². The molecule has 80 valence electrons. The molecule has 0 spiro atoms. The van der Waals surface area contributed by atoms with E-state index < -0.39 is 0 Å². The van der Waals surface area contributed by atoms with Crippen LogP contribution >= 0.6 is 0 Å². The van der Waals surface area contributed by atoms with Gasteiger partial charge in [0.1, 0.15) is 6.29 Å². The van der Waals surface area contributed by atoms with Crippen LogP contribution in [-0.2, 0) is 14.4 Å². The van der Waals surface area contributed by atoms with Crippen LogP contribution in [0.2, 0.25) is 0 Å². The highest BCUT2D eigenvalue weighted by Crippen LogP contribution is 1.98. The zero-order valence-corrected chi connectivity index (χ0v) is 8.12. The van der Waals surface area contributed by atoms with Crippen molar-refractivity contribution in [2.75, 3.05) is 13.1 Å². The van der Waals surface area contributed by atoms with Gasteiger partial charge in [-0.1, -0.05) is 6.42 Å². The van der Waals surface area contributed by atoms with Crippen molar-refractivity contribution in [3.63, 3.8) is 0 Å². The average molecular weight is 200 g/mol. The van der Waals surface area contributed by atoms with Crippen LogP contribution in [0.1, 0.15) is 25.7 Å². The Morgan fingerprint density at radius 1 is 1.14 bits per heavy atom. The number of unbranched alkanes of at least 4 members (excludes halogenated alkanes) is 2. The summed E-state index contributed by atoms with van der Waals surface area (Å²) in [4.78, 5) is 30.7. The Hall–Kier alpha value is -1.39. The van der Waals surface area contributed by atoms with Crippen LogP contribution in [0.15, 0.2) is 0 Å². The second-order valence-corrected chi connectivity index (χ2v) is 2.85. The minimum Gasteiger partial charge on any atom is -0.359 e. The molecule has 0 aromatic heterocycles. The summed E-state index contributed by atoms with van der Waals surface area (Å²) in [6.45, 7) is 0.741. The van der Waals surface area contributed by atoms with Gasteiger partial charge in [0.2, 0.25) is 12.3 Å². The number of carbonyl (C=O) groups excluding carboxylic acids is 3. The summed E-state index contributed by atoms with van der Waals surface area (Å²) in [7, 11) is 0. The Morgan fingerprint density at radius 3 is 2.57 bits per heavy atom. The first-order chi connectivity index (χ1) is 6.81. The van der Waals surface area contributed by atoms with Crippen LogP contribution in [0.5, 0.6) is 0 Å². The first-order valence-corrected chi connectivity index (χ1v) is 4.68. The maximum Gasteiger partial charge on any atom is 0.220 e. The minimum absolute atomic E-state index is 0.0888. The fraction of sp³-hybridized carbons (Fsp3) is 0.667. The third-order valence-electron chi connectivity index (χ3n) is 1.69. The van der Waals surface area contributed by atoms with Crippen LogP contribution in [-0.4, -0.2) is 31.7 Å². The van der Waals surface area contributed by atoms with Gasteiger partial charge < -0.3 is 15.4 Å². The van der Waals surface area contributed by atoms with Crippen LogP contribution < -0.4 is 10.6 Å². The van der Waals surface area contributed by atoms with Gasteiger partial charge in [0.05, 0.1) is 6.54 Å². The van der Waals surface area contributed by atoms with Crippen LogP contribution in [0.3, 0.4) is 0 Å². The molecule has 0 saturated heterocycles. The highest BCUT2D eigenvalue weighted by molar-refractivity contribution is 5.78. The molecule has 0 aliphatic heterocycles. The van der Waals surface area contributed by atoms with E-state index in [1.165, 1.54) is 0 Å². The van der Waals surface area contributed by atoms with E-state index in [4.69, 9.17) is 0 Å². The Balaban J connectivity index is 3.14. The maximum atomic E-state index is 10.9. The molecule has 14 heavy (non-hydrogen) atoms. The first kappa shape index (κ1) is 12.6. The summed E-state index contributed by atoms with van der Waals surface area (Å²) < 4.78 is 0. The van der Waals surface area contributed by atoms with Crippen molar-refractivity contribution < 1.29 is 14.4 Å². The summed E-state index contributed by atoms with van der Waals surface area (Å²) in [6, 6.07) is 0. The molecule has 5 nitrogen and oxygen atoms in total. The summed E-state index contributed by atoms with van der Waals surface area (Å²) in [5, 5.41) is 5.00. The number of aldehydes is 1. The van der Waals surface area contributed by atoms with E-state index in [0.717, 1.165) is 19.3 Å². The first-order valence-electron chi connectivity index (χ1n) is 4.68. The third kappa shape index (κ3) is 8.70. The van der Waals surface area contributed by atoms with Gasteiger partial charge in [0, 0.05) is 13.0 Å². The van der Waals surface area contributed by atoms with Gasteiger partial charge in [-0.3, -0.25) is 9.59 Å². The minimum atomic E-state index is -0.0968. The van der Waals surface area contributed by atoms with Gasteiger partial charge in [-0.2, -0.15) is 0 Å². The molecule has 0 aromatic carbocycles. The second-order valence-electron chi connectivity index (χ2n) is 2.85. The Kier molecular flexibility index (Phi) is 8.73. The zero-order chi connectivity index (χ0) is 10.6. The van der Waals surface area contributed by atoms with Crippen molar-refractivity contribution in [2.45, 2.75) is 25.7 Å². The van der Waals surface area contributed by atoms with E-state index in [1.807, 2.05) is 0 Å². The lowest BCUT2D eigenvalue weighted by atomic mass is 10.2. The molecule has 0 fully saturated rings. The Labute approximate surface area is 83.2 Å². The van der Waals surface area contributed by atoms with Crippen molar-refractivity contribution in [3.8, 4) is 0 Å². The van der Waals surface area contributed by atoms with Crippen molar-refractivity contribution in [2.24, 2.45) is 0 Å². The van der Waals surface area contributed by atoms with Gasteiger partial charge in [-0.25, -0.2) is 0 Å². The predicted octanol–water partition coefficient (Wildman–Crippen LogP) is -0.392. The molecule has 5 heteroatoms. The molecule has 0 rings (SSSR count). The van der Waals surface area contributed by atoms with E-state index >= 15 is 0 Å². The molecule has 0 heterocycles. The Bertz CT molecular complexity index is 183. The largest absolute Gasteiger partial charge is 0.359 e. The molecule has 2 amide bonds. The number of nitrogens with one attached hydrogen (secondary N) is 2. The van der Waals surface area contributed by atoms with Crippen LogP contribution in [0.25, 0.3) is 0 Å². The molecule has 0 bridgehead atoms. The summed E-state index contributed by atoms with van der Waals surface area (Å²) in [6.07, 6.45) is 4.32. The molecule has 0 radical (unpaired) electrons. The van der Waals surface area contributed by atoms with E-state index in [-0.39, 0.29) is 12.5 Å². The van der Waals surface area contributed by atoms with E-state index in [9.17, 15) is 14.4 Å². The van der Waals surface area contributed by atoms with Crippen LogP contribution in [0.4, 0.5) is 0 Å². The highest BCUT2D eigenvalue weighted by atomic mass is 16.2. The molecule has 0 aromatic rings. The molecule has 2 N–H and O–H groups in total. The molecule has 0 aliphatic rings. The lowest BCUT2D eigenvalue weighted by Crippen LogP contribution is -2.24. The number of amides is 2. The van der Waals surface area contributed by atoms with Gasteiger partial charge >= 0.3 is 0 Å². The molecular formula is C9H16N2O3. The van der Waals surface area contributed by atoms with Gasteiger partial charge in [0.15, 0.2) is 0 Å². The number of hydrogen-bond donors (Lipinski definition) is 2. The van der Waals surface area contributed by atoms with Gasteiger partial charge in [-0.05, 0) is 12.8 Å². The molecule has 0 saturated carbocycles. The van der Waals surface area contributed by atoms with Crippen LogP contribution in [0, 0.1) is 0 Å². The van der Waals surface area contributed by atoms with Gasteiger partial charge in [-0.15, -0.1) is 0 Å². The normalized spacial score (nSPS) is 9.14. The number of hydrogen-bond acceptors (Lipinski definition) is 3. The number of carbonyl (C=O) groups is 3. The molecule has 0 atom stereocenters. The SMILES string of the molecule is O=CCNC(=O)CCCCCNC=O. The van der Waals surface area contributed by atoms with E-state index in [2.05, 4.69) is 10.6 Å². The predicted molar refractivity (Wildman–Crippen MR) is 51.6 cm³/mol. The summed E-state index contributed by atoms with van der Waals surface area (Å²) >= 11 is 0. The fourth-order valence-corrected chi connectivity index (χ4v) is 0.992. The lowest BCUT2D eigenvalue weighted by Gasteiger charge is -2.01. The second kappa shape index (κ2) is 9.70. The zero-order valence-electron chi connectivity index (χ0n) is 8.12. The van der Waals surface area contributed by atoms with E-state index in [1.54, 1.807) is 0 Å². The van der Waals surface area contributed by atoms with Crippen molar-refractivity contribution in [3.05, 3.63) is 0 Å². The molecular weight excluding hydrogens is 184 g/mol. The smallest absolute Gasteiger partial charge is 0.220 e. The quantitative estimate of drug-likeness (QED) is 0.393. The summed E-state index contributed by atoms with van der Waals surface area (Å²) in [5.41, 5.74) is 0. The lowest BCUT2D eigenvalue weighted by molar-refractivity contribution is -0.122. The standard InChI is InChI=1S/C9H16N2O3/c12-7-6-11-9(14)4-2-1-3-5-10-8-13/h7-8H,1-6H2,(H,10,13)(H,11,14). The van der Waals surface area contributed by atoms with Crippen molar-refractivity contribution >= 4 is 18.6 Å². The number of rotatable bonds is 9. The maximum absolute atomic E-state index is 10.9. The Morgan fingerprint density at radius 2 is 1.93 bits per heavy atom. The third-order valence-corrected chi connectivity index (χ3v) is 1.69. The molecule has 0 unspecified atom stereocenters. The van der Waals surface area contributed by atoms with Crippen molar-refractivity contribution in [1.29, 1.82) is 0 Å². The summed E-state index contributed by atoms with van der Waals surface area (Å²) in [5.74, 6) is -0.0968. The van der Waals surface area contributed by atoms with Crippen molar-refractivity contribution in [1.82, 2.24) is 10.6 Å². The highest BCUT2D eigenvalue weighted by Gasteiger charge is 1.98. The molecule has 0 aliphatic carbocycles. The topological polar surface area (TPSA) is 75.3 Å².